The summed E-state index contributed by atoms with van der Waals surface area (Å²) in [5.74, 6) is -1.55. The standard InChI is InChI=1S/C23H21ClFN5O3/c24-16-6-3-4-13(20(16)25)11-28-22(32)21-17(26)8-9-29(21)19(31)10-14-12-30(23(27)33)18-7-2-1-5-15(14)18/h1-7,12,21,26H,8-11H2,(H2,27,33)(H,28,32)/t21-/m0/s1. The topological polar surface area (TPSA) is 121 Å². The number of carbonyl (C=O) groups is 3. The number of benzene rings is 2. The van der Waals surface area contributed by atoms with Gasteiger partial charge in [0.1, 0.15) is 11.9 Å². The predicted molar refractivity (Wildman–Crippen MR) is 122 cm³/mol. The van der Waals surface area contributed by atoms with Crippen molar-refractivity contribution in [3.63, 3.8) is 0 Å². The van der Waals surface area contributed by atoms with Crippen molar-refractivity contribution >= 4 is 46.1 Å². The number of aromatic nitrogens is 1. The zero-order valence-electron chi connectivity index (χ0n) is 17.5. The second-order valence-corrected chi connectivity index (χ2v) is 8.16. The van der Waals surface area contributed by atoms with E-state index in [0.29, 0.717) is 16.5 Å². The summed E-state index contributed by atoms with van der Waals surface area (Å²) >= 11 is 5.78. The van der Waals surface area contributed by atoms with E-state index in [-0.39, 0.29) is 48.1 Å². The maximum absolute atomic E-state index is 14.1. The first-order valence-corrected chi connectivity index (χ1v) is 10.6. The van der Waals surface area contributed by atoms with Crippen LogP contribution in [0.1, 0.15) is 17.5 Å². The number of amides is 3. The molecule has 0 radical (unpaired) electrons. The van der Waals surface area contributed by atoms with Crippen molar-refractivity contribution in [2.75, 3.05) is 6.54 Å². The normalized spacial score (nSPS) is 15.8. The Morgan fingerprint density at radius 2 is 1.91 bits per heavy atom. The van der Waals surface area contributed by atoms with Crippen LogP contribution in [-0.2, 0) is 22.6 Å². The average Bonchev–Trinajstić information content (AvgIpc) is 3.35. The van der Waals surface area contributed by atoms with Gasteiger partial charge >= 0.3 is 6.03 Å². The Morgan fingerprint density at radius 3 is 2.67 bits per heavy atom. The van der Waals surface area contributed by atoms with Crippen LogP contribution in [-0.4, -0.2) is 45.6 Å². The molecule has 1 saturated heterocycles. The van der Waals surface area contributed by atoms with E-state index >= 15 is 0 Å². The van der Waals surface area contributed by atoms with Gasteiger partial charge in [-0.2, -0.15) is 0 Å². The second-order valence-electron chi connectivity index (χ2n) is 7.75. The Bertz CT molecular complexity index is 1290. The number of halogens is 2. The lowest BCUT2D eigenvalue weighted by Gasteiger charge is -2.24. The molecule has 1 aliphatic rings. The molecule has 2 aromatic carbocycles. The number of nitrogens with two attached hydrogens (primary N) is 1. The predicted octanol–water partition coefficient (Wildman–Crippen LogP) is 2.84. The summed E-state index contributed by atoms with van der Waals surface area (Å²) in [7, 11) is 0. The third-order valence-corrected chi connectivity index (χ3v) is 5.98. The molecule has 0 bridgehead atoms. The van der Waals surface area contributed by atoms with E-state index in [1.165, 1.54) is 27.8 Å². The van der Waals surface area contributed by atoms with Gasteiger partial charge in [-0.25, -0.2) is 9.18 Å². The van der Waals surface area contributed by atoms with Crippen molar-refractivity contribution in [1.82, 2.24) is 14.8 Å². The van der Waals surface area contributed by atoms with Gasteiger partial charge in [-0.1, -0.05) is 41.9 Å². The molecular formula is C23H21ClFN5O3. The van der Waals surface area contributed by atoms with Crippen LogP contribution in [0.3, 0.4) is 0 Å². The van der Waals surface area contributed by atoms with Crippen LogP contribution in [0.25, 0.3) is 10.9 Å². The van der Waals surface area contributed by atoms with Crippen LogP contribution in [0.15, 0.2) is 48.7 Å². The Labute approximate surface area is 193 Å². The number of likely N-dealkylation sites (tertiary alicyclic amines) is 1. The molecule has 170 valence electrons. The Morgan fingerprint density at radius 1 is 1.15 bits per heavy atom. The summed E-state index contributed by atoms with van der Waals surface area (Å²) in [4.78, 5) is 39.0. The summed E-state index contributed by atoms with van der Waals surface area (Å²) in [6.45, 7) is 0.0961. The second kappa shape index (κ2) is 9.03. The molecule has 4 rings (SSSR count). The first-order valence-electron chi connectivity index (χ1n) is 10.2. The van der Waals surface area contributed by atoms with Crippen molar-refractivity contribution in [2.24, 2.45) is 5.73 Å². The highest BCUT2D eigenvalue weighted by atomic mass is 35.5. The molecule has 33 heavy (non-hydrogen) atoms. The highest BCUT2D eigenvalue weighted by Crippen LogP contribution is 2.24. The maximum atomic E-state index is 14.1. The van der Waals surface area contributed by atoms with Crippen LogP contribution < -0.4 is 11.1 Å². The number of fused-ring (bicyclic) bond motifs is 1. The van der Waals surface area contributed by atoms with E-state index in [9.17, 15) is 18.8 Å². The summed E-state index contributed by atoms with van der Waals surface area (Å²) in [6.07, 6.45) is 1.71. The molecule has 0 spiro atoms. The summed E-state index contributed by atoms with van der Waals surface area (Å²) in [5.41, 5.74) is 6.92. The van der Waals surface area contributed by atoms with Gasteiger partial charge in [-0.05, 0) is 17.7 Å². The molecule has 3 amide bonds. The Kier molecular flexibility index (Phi) is 6.15. The first-order chi connectivity index (χ1) is 15.8. The van der Waals surface area contributed by atoms with Gasteiger partial charge < -0.3 is 21.4 Å². The largest absolute Gasteiger partial charge is 0.351 e. The van der Waals surface area contributed by atoms with Gasteiger partial charge in [0, 0.05) is 42.4 Å². The highest BCUT2D eigenvalue weighted by Gasteiger charge is 2.38. The molecule has 1 aliphatic heterocycles. The van der Waals surface area contributed by atoms with Crippen LogP contribution in [0.4, 0.5) is 9.18 Å². The van der Waals surface area contributed by atoms with Crippen molar-refractivity contribution in [2.45, 2.75) is 25.4 Å². The lowest BCUT2D eigenvalue weighted by molar-refractivity contribution is -0.136. The van der Waals surface area contributed by atoms with Crippen LogP contribution in [0.5, 0.6) is 0 Å². The Hall–Kier alpha value is -3.72. The fraction of sp³-hybridized carbons (Fsp3) is 0.217. The number of primary amides is 1. The minimum Gasteiger partial charge on any atom is -0.351 e. The van der Waals surface area contributed by atoms with Crippen LogP contribution >= 0.6 is 11.6 Å². The third-order valence-electron chi connectivity index (χ3n) is 5.69. The van der Waals surface area contributed by atoms with Gasteiger partial charge in [0.25, 0.3) is 0 Å². The SMILES string of the molecule is N=C1CCN(C(=O)Cc2cn(C(N)=O)c3ccccc23)[C@@H]1C(=O)NCc1cccc(Cl)c1F. The van der Waals surface area contributed by atoms with E-state index in [4.69, 9.17) is 22.7 Å². The van der Waals surface area contributed by atoms with Crippen LogP contribution in [0.2, 0.25) is 5.02 Å². The van der Waals surface area contributed by atoms with Gasteiger partial charge in [0.05, 0.1) is 17.0 Å². The van der Waals surface area contributed by atoms with Gasteiger partial charge in [-0.3, -0.25) is 14.2 Å². The minimum atomic E-state index is -1.08. The number of para-hydroxylation sites is 1. The summed E-state index contributed by atoms with van der Waals surface area (Å²) in [5, 5.41) is 11.4. The summed E-state index contributed by atoms with van der Waals surface area (Å²) in [6, 6.07) is 9.79. The zero-order valence-corrected chi connectivity index (χ0v) is 18.2. The molecule has 3 aromatic rings. The van der Waals surface area contributed by atoms with Gasteiger partial charge in [0.2, 0.25) is 11.8 Å². The monoisotopic (exact) mass is 469 g/mol. The van der Waals surface area contributed by atoms with E-state index in [1.54, 1.807) is 30.3 Å². The third kappa shape index (κ3) is 4.31. The number of nitrogens with one attached hydrogen (secondary N) is 2. The Balaban J connectivity index is 1.51. The van der Waals surface area contributed by atoms with Crippen molar-refractivity contribution in [3.8, 4) is 0 Å². The molecule has 10 heteroatoms. The maximum Gasteiger partial charge on any atom is 0.323 e. The summed E-state index contributed by atoms with van der Waals surface area (Å²) < 4.78 is 15.4. The number of carbonyl (C=O) groups excluding carboxylic acids is 3. The average molecular weight is 470 g/mol. The molecule has 4 N–H and O–H groups in total. The fourth-order valence-corrected chi connectivity index (χ4v) is 4.26. The molecular weight excluding hydrogens is 449 g/mol. The van der Waals surface area contributed by atoms with E-state index in [2.05, 4.69) is 5.32 Å². The molecule has 0 aliphatic carbocycles. The van der Waals surface area contributed by atoms with E-state index < -0.39 is 23.8 Å². The lowest BCUT2D eigenvalue weighted by Crippen LogP contribution is -2.49. The number of hydrogen-bond donors (Lipinski definition) is 3. The molecule has 1 atom stereocenters. The minimum absolute atomic E-state index is 0.0534. The smallest absolute Gasteiger partial charge is 0.323 e. The van der Waals surface area contributed by atoms with Crippen molar-refractivity contribution in [3.05, 3.63) is 70.6 Å². The van der Waals surface area contributed by atoms with Crippen molar-refractivity contribution in [1.29, 1.82) is 5.41 Å². The quantitative estimate of drug-likeness (QED) is 0.532. The number of hydrogen-bond acceptors (Lipinski definition) is 4. The lowest BCUT2D eigenvalue weighted by atomic mass is 10.1. The molecule has 2 heterocycles. The number of nitrogens with zero attached hydrogens (tertiary/aromatic N) is 2. The molecule has 8 nitrogen and oxygen atoms in total. The highest BCUT2D eigenvalue weighted by molar-refractivity contribution is 6.30. The van der Waals surface area contributed by atoms with E-state index in [1.807, 2.05) is 0 Å². The van der Waals surface area contributed by atoms with Crippen molar-refractivity contribution < 1.29 is 18.8 Å². The molecule has 0 unspecified atom stereocenters. The van der Waals surface area contributed by atoms with Gasteiger partial charge in [-0.15, -0.1) is 0 Å². The first kappa shape index (κ1) is 22.5. The molecule has 1 aromatic heterocycles. The van der Waals surface area contributed by atoms with Gasteiger partial charge in [0.15, 0.2) is 0 Å². The molecule has 1 fully saturated rings. The molecule has 0 saturated carbocycles. The fourth-order valence-electron chi connectivity index (χ4n) is 4.07. The van der Waals surface area contributed by atoms with Crippen LogP contribution in [0, 0.1) is 11.2 Å². The zero-order chi connectivity index (χ0) is 23.7. The van der Waals surface area contributed by atoms with E-state index in [0.717, 1.165) is 0 Å². The number of rotatable bonds is 5.